The molecule has 1 aromatic heterocycles. The fraction of sp³-hybridized carbons (Fsp3) is 0.353. The van der Waals surface area contributed by atoms with Crippen molar-refractivity contribution in [2.75, 3.05) is 33.4 Å². The first-order chi connectivity index (χ1) is 10.8. The molecule has 0 unspecified atom stereocenters. The van der Waals surface area contributed by atoms with Crippen molar-refractivity contribution in [1.82, 2.24) is 10.2 Å². The number of nitrogens with zero attached hydrogens (tertiary/aromatic N) is 1. The van der Waals surface area contributed by atoms with Crippen LogP contribution in [0.15, 0.2) is 40.8 Å². The maximum absolute atomic E-state index is 11.6. The summed E-state index contributed by atoms with van der Waals surface area (Å²) >= 11 is 0. The summed E-state index contributed by atoms with van der Waals surface area (Å²) in [5.74, 6) is 0.845. The number of hydrogen-bond acceptors (Lipinski definition) is 4. The van der Waals surface area contributed by atoms with E-state index in [1.165, 1.54) is 5.56 Å². The number of nitrogens with one attached hydrogen (secondary N) is 1. The lowest BCUT2D eigenvalue weighted by Gasteiger charge is -2.27. The molecule has 5 heteroatoms. The molecule has 1 fully saturated rings. The van der Waals surface area contributed by atoms with Gasteiger partial charge in [0.15, 0.2) is 5.76 Å². The Morgan fingerprint density at radius 3 is 2.73 bits per heavy atom. The number of morpholine rings is 1. The summed E-state index contributed by atoms with van der Waals surface area (Å²) in [6.07, 6.45) is 0. The van der Waals surface area contributed by atoms with Crippen LogP contribution in [0.4, 0.5) is 0 Å². The van der Waals surface area contributed by atoms with E-state index in [0.717, 1.165) is 44.2 Å². The standard InChI is InChI=1S/C17H20N2O3/c1-18-17(20)16-7-6-15(22-16)14-5-3-2-4-13(14)12-19-8-10-21-11-9-19/h2-7H,8-12H2,1H3,(H,18,20). The van der Waals surface area contributed by atoms with Crippen LogP contribution >= 0.6 is 0 Å². The Morgan fingerprint density at radius 2 is 1.95 bits per heavy atom. The Bertz CT molecular complexity index is 645. The summed E-state index contributed by atoms with van der Waals surface area (Å²) in [6, 6.07) is 11.7. The van der Waals surface area contributed by atoms with Crippen LogP contribution in [-0.2, 0) is 11.3 Å². The van der Waals surface area contributed by atoms with Crippen molar-refractivity contribution in [2.45, 2.75) is 6.54 Å². The van der Waals surface area contributed by atoms with Gasteiger partial charge in [-0.2, -0.15) is 0 Å². The SMILES string of the molecule is CNC(=O)c1ccc(-c2ccccc2CN2CCOCC2)o1. The van der Waals surface area contributed by atoms with E-state index in [4.69, 9.17) is 9.15 Å². The minimum absolute atomic E-state index is 0.211. The van der Waals surface area contributed by atoms with Gasteiger partial charge in [-0.3, -0.25) is 9.69 Å². The Hall–Kier alpha value is -2.11. The highest BCUT2D eigenvalue weighted by molar-refractivity contribution is 5.91. The number of carbonyl (C=O) groups excluding carboxylic acids is 1. The molecule has 2 aromatic rings. The second-order valence-electron chi connectivity index (χ2n) is 5.29. The van der Waals surface area contributed by atoms with Gasteiger partial charge in [-0.25, -0.2) is 0 Å². The lowest BCUT2D eigenvalue weighted by molar-refractivity contribution is 0.0342. The zero-order valence-corrected chi connectivity index (χ0v) is 12.7. The van der Waals surface area contributed by atoms with Crippen molar-refractivity contribution >= 4 is 5.91 Å². The van der Waals surface area contributed by atoms with E-state index >= 15 is 0 Å². The maximum atomic E-state index is 11.6. The largest absolute Gasteiger partial charge is 0.451 e. The van der Waals surface area contributed by atoms with Gasteiger partial charge in [0.25, 0.3) is 5.91 Å². The topological polar surface area (TPSA) is 54.7 Å². The molecular formula is C17H20N2O3. The van der Waals surface area contributed by atoms with Crippen LogP contribution in [0.5, 0.6) is 0 Å². The van der Waals surface area contributed by atoms with Gasteiger partial charge >= 0.3 is 0 Å². The zero-order chi connectivity index (χ0) is 15.4. The molecule has 22 heavy (non-hydrogen) atoms. The van der Waals surface area contributed by atoms with Crippen molar-refractivity contribution < 1.29 is 13.9 Å². The molecule has 0 spiro atoms. The highest BCUT2D eigenvalue weighted by Gasteiger charge is 2.16. The molecule has 1 amide bonds. The minimum atomic E-state index is -0.211. The third-order valence-electron chi connectivity index (χ3n) is 3.84. The molecule has 1 aromatic carbocycles. The third-order valence-corrected chi connectivity index (χ3v) is 3.84. The Kier molecular flexibility index (Phi) is 4.56. The molecule has 0 aliphatic carbocycles. The van der Waals surface area contributed by atoms with Crippen LogP contribution in [0.2, 0.25) is 0 Å². The number of amides is 1. The smallest absolute Gasteiger partial charge is 0.286 e. The summed E-state index contributed by atoms with van der Waals surface area (Å²) in [5, 5.41) is 2.57. The fourth-order valence-corrected chi connectivity index (χ4v) is 2.63. The maximum Gasteiger partial charge on any atom is 0.286 e. The van der Waals surface area contributed by atoms with Gasteiger partial charge in [-0.15, -0.1) is 0 Å². The number of furan rings is 1. The normalized spacial score (nSPS) is 15.7. The van der Waals surface area contributed by atoms with Gasteiger partial charge in [-0.1, -0.05) is 24.3 Å². The number of rotatable bonds is 4. The Balaban J connectivity index is 1.84. The highest BCUT2D eigenvalue weighted by Crippen LogP contribution is 2.27. The van der Waals surface area contributed by atoms with Gasteiger partial charge in [0, 0.05) is 32.2 Å². The van der Waals surface area contributed by atoms with Gasteiger partial charge in [-0.05, 0) is 17.7 Å². The van der Waals surface area contributed by atoms with Gasteiger partial charge in [0.1, 0.15) is 5.76 Å². The van der Waals surface area contributed by atoms with Crippen LogP contribution in [0.1, 0.15) is 16.1 Å². The molecule has 0 saturated carbocycles. The molecule has 2 heterocycles. The second-order valence-corrected chi connectivity index (χ2v) is 5.29. The predicted octanol–water partition coefficient (Wildman–Crippen LogP) is 2.14. The van der Waals surface area contributed by atoms with Crippen LogP contribution in [-0.4, -0.2) is 44.2 Å². The number of hydrogen-bond donors (Lipinski definition) is 1. The average Bonchev–Trinajstić information content (AvgIpc) is 3.05. The van der Waals surface area contributed by atoms with Crippen LogP contribution in [0.3, 0.4) is 0 Å². The lowest BCUT2D eigenvalue weighted by atomic mass is 10.0. The number of ether oxygens (including phenoxy) is 1. The van der Waals surface area contributed by atoms with Gasteiger partial charge < -0.3 is 14.5 Å². The van der Waals surface area contributed by atoms with Crippen LogP contribution < -0.4 is 5.32 Å². The molecule has 1 aliphatic rings. The summed E-state index contributed by atoms with van der Waals surface area (Å²) in [7, 11) is 1.59. The van der Waals surface area contributed by atoms with Crippen molar-refractivity contribution in [3.63, 3.8) is 0 Å². The summed E-state index contributed by atoms with van der Waals surface area (Å²) in [5.41, 5.74) is 2.23. The molecular weight excluding hydrogens is 280 g/mol. The van der Waals surface area contributed by atoms with E-state index in [-0.39, 0.29) is 5.91 Å². The van der Waals surface area contributed by atoms with E-state index in [2.05, 4.69) is 16.3 Å². The number of benzene rings is 1. The molecule has 0 bridgehead atoms. The van der Waals surface area contributed by atoms with E-state index in [1.54, 1.807) is 13.1 Å². The third kappa shape index (κ3) is 3.21. The average molecular weight is 300 g/mol. The van der Waals surface area contributed by atoms with Crippen molar-refractivity contribution in [3.05, 3.63) is 47.7 Å². The monoisotopic (exact) mass is 300 g/mol. The summed E-state index contributed by atoms with van der Waals surface area (Å²) in [4.78, 5) is 14.0. The lowest BCUT2D eigenvalue weighted by Crippen LogP contribution is -2.35. The first-order valence-corrected chi connectivity index (χ1v) is 7.48. The molecule has 1 saturated heterocycles. The first-order valence-electron chi connectivity index (χ1n) is 7.48. The van der Waals surface area contributed by atoms with Crippen LogP contribution in [0, 0.1) is 0 Å². The van der Waals surface area contributed by atoms with Gasteiger partial charge in [0.2, 0.25) is 0 Å². The molecule has 3 rings (SSSR count). The summed E-state index contributed by atoms with van der Waals surface area (Å²) < 4.78 is 11.1. The van der Waals surface area contributed by atoms with E-state index in [0.29, 0.717) is 5.76 Å². The van der Waals surface area contributed by atoms with E-state index in [1.807, 2.05) is 24.3 Å². The summed E-state index contributed by atoms with van der Waals surface area (Å²) in [6.45, 7) is 4.30. The van der Waals surface area contributed by atoms with Crippen molar-refractivity contribution in [2.24, 2.45) is 0 Å². The van der Waals surface area contributed by atoms with Crippen molar-refractivity contribution in [1.29, 1.82) is 0 Å². The fourth-order valence-electron chi connectivity index (χ4n) is 2.63. The molecule has 0 atom stereocenters. The van der Waals surface area contributed by atoms with Gasteiger partial charge in [0.05, 0.1) is 13.2 Å². The minimum Gasteiger partial charge on any atom is -0.451 e. The molecule has 1 aliphatic heterocycles. The quantitative estimate of drug-likeness (QED) is 0.940. The molecule has 116 valence electrons. The highest BCUT2D eigenvalue weighted by atomic mass is 16.5. The zero-order valence-electron chi connectivity index (χ0n) is 12.7. The van der Waals surface area contributed by atoms with E-state index in [9.17, 15) is 4.79 Å². The molecule has 5 nitrogen and oxygen atoms in total. The molecule has 1 N–H and O–H groups in total. The van der Waals surface area contributed by atoms with Crippen LogP contribution in [0.25, 0.3) is 11.3 Å². The number of carbonyl (C=O) groups is 1. The molecule has 0 radical (unpaired) electrons. The Labute approximate surface area is 129 Å². The predicted molar refractivity (Wildman–Crippen MR) is 83.6 cm³/mol. The Morgan fingerprint density at radius 1 is 1.18 bits per heavy atom. The van der Waals surface area contributed by atoms with Crippen molar-refractivity contribution in [3.8, 4) is 11.3 Å². The second kappa shape index (κ2) is 6.77. The van der Waals surface area contributed by atoms with E-state index < -0.39 is 0 Å². The first kappa shape index (κ1) is 14.8.